The maximum absolute atomic E-state index is 7.20. The molecule has 3 rings (SSSR count). The number of guanidine groups is 1. The molecule has 2 saturated carbocycles. The zero-order valence-electron chi connectivity index (χ0n) is 16.4. The van der Waals surface area contributed by atoms with Gasteiger partial charge in [-0.15, -0.1) is 0 Å². The molecule has 0 N–H and O–H groups in total. The summed E-state index contributed by atoms with van der Waals surface area (Å²) < 4.78 is 2.42. The van der Waals surface area contributed by atoms with Gasteiger partial charge in [-0.3, -0.25) is 4.90 Å². The minimum Gasteiger partial charge on any atom is -0.426 e. The van der Waals surface area contributed by atoms with Crippen molar-refractivity contribution in [3.63, 3.8) is 0 Å². The van der Waals surface area contributed by atoms with Crippen LogP contribution in [0, 0.1) is 0 Å². The Morgan fingerprint density at radius 2 is 1.44 bits per heavy atom. The summed E-state index contributed by atoms with van der Waals surface area (Å²) in [5.74, 6) is 1.25. The van der Waals surface area contributed by atoms with Crippen molar-refractivity contribution >= 4 is 40.8 Å². The van der Waals surface area contributed by atoms with E-state index in [4.69, 9.17) is 22.9 Å². The molecule has 0 radical (unpaired) electrons. The van der Waals surface area contributed by atoms with E-state index in [-0.39, 0.29) is 6.87 Å². The molecule has 3 aliphatic rings. The first-order chi connectivity index (χ1) is 11.9. The highest BCUT2D eigenvalue weighted by molar-refractivity contribution is 7.67. The molecule has 0 aromatic carbocycles. The van der Waals surface area contributed by atoms with E-state index >= 15 is 0 Å². The second kappa shape index (κ2) is 7.90. The Balaban J connectivity index is 2.06. The van der Waals surface area contributed by atoms with Crippen molar-refractivity contribution < 1.29 is 4.49 Å². The Hall–Kier alpha value is -0.0601. The highest BCUT2D eigenvalue weighted by Crippen LogP contribution is 2.38. The molecule has 0 saturated heterocycles. The van der Waals surface area contributed by atoms with Crippen LogP contribution in [-0.4, -0.2) is 77.1 Å². The van der Waals surface area contributed by atoms with Crippen molar-refractivity contribution in [1.29, 1.82) is 0 Å². The van der Waals surface area contributed by atoms with Gasteiger partial charge in [-0.2, -0.15) is 0 Å². The zero-order chi connectivity index (χ0) is 18.2. The van der Waals surface area contributed by atoms with Crippen LogP contribution in [0.5, 0.6) is 0 Å². The van der Waals surface area contributed by atoms with Crippen LogP contribution in [0.15, 0.2) is 0 Å². The van der Waals surface area contributed by atoms with E-state index in [0.717, 1.165) is 0 Å². The van der Waals surface area contributed by atoms with Crippen LogP contribution >= 0.6 is 22.9 Å². The topological polar surface area (TPSA) is 12.7 Å². The quantitative estimate of drug-likeness (QED) is 0.689. The van der Waals surface area contributed by atoms with Crippen LogP contribution < -0.4 is 0 Å². The fraction of sp³-hybridized carbons (Fsp3) is 0.941. The van der Waals surface area contributed by atoms with Crippen molar-refractivity contribution in [2.45, 2.75) is 76.3 Å². The van der Waals surface area contributed by atoms with E-state index in [0.29, 0.717) is 12.1 Å². The first-order valence-electron chi connectivity index (χ1n) is 10.2. The fourth-order valence-electron chi connectivity index (χ4n) is 5.35. The average Bonchev–Trinajstić information content (AvgIpc) is 2.84. The molecule has 0 bridgehead atoms. The monoisotopic (exact) mass is 386 g/mol. The maximum atomic E-state index is 7.20. The largest absolute Gasteiger partial charge is 0.426 e. The molecule has 2 fully saturated rings. The predicted molar refractivity (Wildman–Crippen MR) is 111 cm³/mol. The minimum absolute atomic E-state index is 0.0470. The molecule has 0 aromatic rings. The van der Waals surface area contributed by atoms with Crippen molar-refractivity contribution in [1.82, 2.24) is 14.5 Å². The van der Waals surface area contributed by atoms with Gasteiger partial charge in [-0.05, 0) is 39.8 Å². The molecule has 8 heteroatoms. The third kappa shape index (κ3) is 3.68. The Bertz CT molecular complexity index is 501. The van der Waals surface area contributed by atoms with Gasteiger partial charge in [-0.1, -0.05) is 38.5 Å². The second-order valence-electron chi connectivity index (χ2n) is 8.65. The molecule has 1 aliphatic heterocycles. The number of halogens is 2. The van der Waals surface area contributed by atoms with Crippen LogP contribution in [0.3, 0.4) is 0 Å². The number of nitrogens with zero attached hydrogens (tertiary/aromatic N) is 4. The van der Waals surface area contributed by atoms with Crippen LogP contribution in [0.4, 0.5) is 0 Å². The lowest BCUT2D eigenvalue weighted by atomic mass is 9.39. The lowest BCUT2D eigenvalue weighted by Gasteiger charge is -2.40. The summed E-state index contributed by atoms with van der Waals surface area (Å²) in [4.78, 5) is 7.07. The van der Waals surface area contributed by atoms with Crippen LogP contribution in [0.25, 0.3) is 0 Å². The molecule has 1 heterocycles. The molecule has 142 valence electrons. The molecular formula is C17H34B2Cl2N4. The Morgan fingerprint density at radius 1 is 0.920 bits per heavy atom. The number of hydrogen-bond acceptors (Lipinski definition) is 3. The molecule has 0 aromatic heterocycles. The smallest absolute Gasteiger partial charge is 0.351 e. The first-order valence-corrected chi connectivity index (χ1v) is 11.0. The number of hydrogen-bond donors (Lipinski definition) is 0. The van der Waals surface area contributed by atoms with Gasteiger partial charge in [0.1, 0.15) is 0 Å². The van der Waals surface area contributed by atoms with Gasteiger partial charge in [0.15, 0.2) is 0 Å². The summed E-state index contributed by atoms with van der Waals surface area (Å²) >= 11 is 14.4. The maximum Gasteiger partial charge on any atom is 0.351 e. The fourth-order valence-corrected chi connectivity index (χ4v) is 6.54. The van der Waals surface area contributed by atoms with Gasteiger partial charge >= 0.3 is 11.9 Å². The van der Waals surface area contributed by atoms with Crippen molar-refractivity contribution in [2.75, 3.05) is 28.2 Å². The molecule has 0 amide bonds. The van der Waals surface area contributed by atoms with E-state index in [9.17, 15) is 0 Å². The Morgan fingerprint density at radius 3 is 1.92 bits per heavy atom. The second-order valence-corrected chi connectivity index (χ2v) is 10.2. The van der Waals surface area contributed by atoms with E-state index < -0.39 is 5.00 Å². The van der Waals surface area contributed by atoms with E-state index in [1.807, 2.05) is 0 Å². The van der Waals surface area contributed by atoms with Gasteiger partial charge in [0, 0.05) is 6.04 Å². The summed E-state index contributed by atoms with van der Waals surface area (Å²) in [5, 5.41) is -1.70. The third-order valence-electron chi connectivity index (χ3n) is 6.34. The average molecular weight is 387 g/mol. The van der Waals surface area contributed by atoms with E-state index in [2.05, 4.69) is 47.2 Å². The Labute approximate surface area is 164 Å². The lowest BCUT2D eigenvalue weighted by molar-refractivity contribution is -0.446. The molecule has 0 unspecified atom stereocenters. The summed E-state index contributed by atoms with van der Waals surface area (Å²) in [6.07, 6.45) is 12.8. The molecule has 4 nitrogen and oxygen atoms in total. The highest BCUT2D eigenvalue weighted by atomic mass is 35.5. The van der Waals surface area contributed by atoms with Crippen LogP contribution in [0.1, 0.15) is 64.2 Å². The first kappa shape index (κ1) is 19.7. The minimum atomic E-state index is -1.70. The standard InChI is InChI=1S/C17H34B2Cl2N4/c1-22(2)17-24(15-11-7-5-8-12-15)18(23(3)4)19(20,21)25(17)16-13-9-6-10-14-16/h15-16H,5-14H2,1-4H3. The van der Waals surface area contributed by atoms with Crippen molar-refractivity contribution in [2.24, 2.45) is 0 Å². The SMILES string of the molecule is CN(C)B1N(C2CCCCC2)C(N(C)C)=[N+](C2CCCCC2)[B-]1(Cl)Cl. The molecule has 2 aliphatic carbocycles. The van der Waals surface area contributed by atoms with Gasteiger partial charge in [0.25, 0.3) is 5.96 Å². The van der Waals surface area contributed by atoms with E-state index in [1.165, 1.54) is 70.2 Å². The summed E-state index contributed by atoms with van der Waals surface area (Å²) in [6, 6.07) is 1.02. The molecule has 0 spiro atoms. The normalized spacial score (nSPS) is 26.0. The van der Waals surface area contributed by atoms with Gasteiger partial charge in [0.05, 0.1) is 20.1 Å². The zero-order valence-corrected chi connectivity index (χ0v) is 17.9. The lowest BCUT2D eigenvalue weighted by Crippen LogP contribution is -2.64. The van der Waals surface area contributed by atoms with Crippen molar-refractivity contribution in [3.05, 3.63) is 0 Å². The summed E-state index contributed by atoms with van der Waals surface area (Å²) in [7, 11) is 8.55. The van der Waals surface area contributed by atoms with Crippen LogP contribution in [-0.2, 0) is 0 Å². The molecular weight excluding hydrogens is 353 g/mol. The molecule has 25 heavy (non-hydrogen) atoms. The predicted octanol–water partition coefficient (Wildman–Crippen LogP) is 3.44. The van der Waals surface area contributed by atoms with Gasteiger partial charge in [-0.25, -0.2) is 0 Å². The highest BCUT2D eigenvalue weighted by Gasteiger charge is 2.59. The third-order valence-corrected chi connectivity index (χ3v) is 7.21. The Kier molecular flexibility index (Phi) is 6.22. The number of rotatable bonds is 3. The summed E-state index contributed by atoms with van der Waals surface area (Å²) in [5.41, 5.74) is 0. The summed E-state index contributed by atoms with van der Waals surface area (Å²) in [6.45, 7) is 0.0470. The van der Waals surface area contributed by atoms with Crippen LogP contribution in [0.2, 0.25) is 0 Å². The van der Waals surface area contributed by atoms with Gasteiger partial charge in [0.2, 0.25) is 0 Å². The molecule has 0 atom stereocenters. The van der Waals surface area contributed by atoms with E-state index in [1.54, 1.807) is 0 Å². The van der Waals surface area contributed by atoms with Gasteiger partial charge < -0.3 is 37.0 Å². The van der Waals surface area contributed by atoms with Crippen molar-refractivity contribution in [3.8, 4) is 0 Å².